The van der Waals surface area contributed by atoms with Crippen molar-refractivity contribution in [3.8, 4) is 17.2 Å². The smallest absolute Gasteiger partial charge is 0.269 e. The zero-order valence-electron chi connectivity index (χ0n) is 16.8. The molecule has 0 aromatic heterocycles. The van der Waals surface area contributed by atoms with Gasteiger partial charge in [0.2, 0.25) is 5.75 Å². The van der Waals surface area contributed by atoms with Crippen LogP contribution in [-0.4, -0.2) is 43.3 Å². The van der Waals surface area contributed by atoms with Gasteiger partial charge < -0.3 is 14.2 Å². The SMILES string of the molecule is COc1cc(C(=O)NNC(=O)C(C)Sc2ccc([N+](=O)[O-])cc2)cc(OC)c1OC. The predicted molar refractivity (Wildman–Crippen MR) is 110 cm³/mol. The zero-order chi connectivity index (χ0) is 22.3. The van der Waals surface area contributed by atoms with Crippen molar-refractivity contribution >= 4 is 29.3 Å². The van der Waals surface area contributed by atoms with Gasteiger partial charge in [0.15, 0.2) is 11.5 Å². The molecule has 11 heteroatoms. The molecule has 2 aromatic rings. The summed E-state index contributed by atoms with van der Waals surface area (Å²) in [5, 5.41) is 10.1. The van der Waals surface area contributed by atoms with Gasteiger partial charge in [-0.25, -0.2) is 0 Å². The minimum Gasteiger partial charge on any atom is -0.493 e. The van der Waals surface area contributed by atoms with Crippen LogP contribution in [0.2, 0.25) is 0 Å². The zero-order valence-corrected chi connectivity index (χ0v) is 17.6. The number of carbonyl (C=O) groups is 2. The summed E-state index contributed by atoms with van der Waals surface area (Å²) in [6.07, 6.45) is 0. The molecule has 2 aromatic carbocycles. The van der Waals surface area contributed by atoms with Gasteiger partial charge in [-0.05, 0) is 31.2 Å². The van der Waals surface area contributed by atoms with Gasteiger partial charge in [0.05, 0.1) is 31.5 Å². The number of hydrogen-bond donors (Lipinski definition) is 2. The van der Waals surface area contributed by atoms with E-state index in [4.69, 9.17) is 14.2 Å². The lowest BCUT2D eigenvalue weighted by Crippen LogP contribution is -2.44. The van der Waals surface area contributed by atoms with E-state index in [-0.39, 0.29) is 11.3 Å². The lowest BCUT2D eigenvalue weighted by Gasteiger charge is -2.15. The van der Waals surface area contributed by atoms with E-state index in [1.165, 1.54) is 57.4 Å². The van der Waals surface area contributed by atoms with Crippen LogP contribution in [0.1, 0.15) is 17.3 Å². The highest BCUT2D eigenvalue weighted by Crippen LogP contribution is 2.38. The van der Waals surface area contributed by atoms with Crippen LogP contribution >= 0.6 is 11.8 Å². The molecule has 10 nitrogen and oxygen atoms in total. The first-order valence-electron chi connectivity index (χ1n) is 8.62. The Hall–Kier alpha value is -3.47. The molecular weight excluding hydrogens is 414 g/mol. The molecule has 1 atom stereocenters. The fourth-order valence-electron chi connectivity index (χ4n) is 2.41. The van der Waals surface area contributed by atoms with E-state index >= 15 is 0 Å². The Kier molecular flexibility index (Phi) is 7.87. The number of ether oxygens (including phenoxy) is 3. The van der Waals surface area contributed by atoms with Gasteiger partial charge in [0, 0.05) is 22.6 Å². The molecule has 2 amide bonds. The molecule has 0 spiro atoms. The summed E-state index contributed by atoms with van der Waals surface area (Å²) in [6.45, 7) is 1.65. The van der Waals surface area contributed by atoms with Crippen LogP contribution in [0.4, 0.5) is 5.69 Å². The Morgan fingerprint density at radius 1 is 1.00 bits per heavy atom. The molecule has 2 rings (SSSR count). The van der Waals surface area contributed by atoms with E-state index in [2.05, 4.69) is 10.9 Å². The molecular formula is C19H21N3O7S. The number of thioether (sulfide) groups is 1. The number of nitro benzene ring substituents is 1. The predicted octanol–water partition coefficient (Wildman–Crippen LogP) is 2.56. The van der Waals surface area contributed by atoms with E-state index < -0.39 is 22.0 Å². The first-order valence-corrected chi connectivity index (χ1v) is 9.50. The minimum absolute atomic E-state index is 0.0333. The minimum atomic E-state index is -0.574. The van der Waals surface area contributed by atoms with Crippen LogP contribution in [0.15, 0.2) is 41.3 Å². The monoisotopic (exact) mass is 435 g/mol. The number of hydrazine groups is 1. The Morgan fingerprint density at radius 3 is 2.03 bits per heavy atom. The van der Waals surface area contributed by atoms with Crippen molar-refractivity contribution in [2.24, 2.45) is 0 Å². The van der Waals surface area contributed by atoms with Crippen LogP contribution in [0.25, 0.3) is 0 Å². The number of nitrogens with one attached hydrogen (secondary N) is 2. The number of hydrogen-bond acceptors (Lipinski definition) is 8. The third kappa shape index (κ3) is 5.54. The largest absolute Gasteiger partial charge is 0.493 e. The Bertz CT molecular complexity index is 909. The summed E-state index contributed by atoms with van der Waals surface area (Å²) in [5.74, 6) is -0.0752. The molecule has 160 valence electrons. The first-order chi connectivity index (χ1) is 14.3. The fraction of sp³-hybridized carbons (Fsp3) is 0.263. The summed E-state index contributed by atoms with van der Waals surface area (Å²) >= 11 is 1.19. The number of rotatable bonds is 8. The van der Waals surface area contributed by atoms with Crippen molar-refractivity contribution < 1.29 is 28.7 Å². The summed E-state index contributed by atoms with van der Waals surface area (Å²) in [7, 11) is 4.31. The third-order valence-electron chi connectivity index (χ3n) is 3.96. The van der Waals surface area contributed by atoms with E-state index in [1.807, 2.05) is 0 Å². The average Bonchev–Trinajstić information content (AvgIpc) is 2.76. The number of benzene rings is 2. The molecule has 0 aliphatic rings. The average molecular weight is 435 g/mol. The van der Waals surface area contributed by atoms with Gasteiger partial charge in [0.1, 0.15) is 0 Å². The summed E-state index contributed by atoms with van der Waals surface area (Å²) in [5.41, 5.74) is 4.85. The molecule has 0 heterocycles. The van der Waals surface area contributed by atoms with Crippen molar-refractivity contribution in [2.45, 2.75) is 17.1 Å². The van der Waals surface area contributed by atoms with E-state index in [1.54, 1.807) is 19.1 Å². The molecule has 1 unspecified atom stereocenters. The Morgan fingerprint density at radius 2 is 1.57 bits per heavy atom. The maximum atomic E-state index is 12.4. The normalized spacial score (nSPS) is 11.2. The number of methoxy groups -OCH3 is 3. The molecule has 0 aliphatic heterocycles. The molecule has 0 fully saturated rings. The second kappa shape index (κ2) is 10.3. The van der Waals surface area contributed by atoms with Crippen LogP contribution in [0, 0.1) is 10.1 Å². The quantitative estimate of drug-likeness (QED) is 0.368. The summed E-state index contributed by atoms with van der Waals surface area (Å²) in [6, 6.07) is 8.75. The number of nitro groups is 1. The highest BCUT2D eigenvalue weighted by atomic mass is 32.2. The molecule has 0 aliphatic carbocycles. The van der Waals surface area contributed by atoms with Gasteiger partial charge in [-0.15, -0.1) is 11.8 Å². The lowest BCUT2D eigenvalue weighted by atomic mass is 10.1. The second-order valence-electron chi connectivity index (χ2n) is 5.87. The third-order valence-corrected chi connectivity index (χ3v) is 5.07. The number of nitrogens with zero attached hydrogens (tertiary/aromatic N) is 1. The van der Waals surface area contributed by atoms with Crippen molar-refractivity contribution in [1.82, 2.24) is 10.9 Å². The maximum Gasteiger partial charge on any atom is 0.269 e. The van der Waals surface area contributed by atoms with Gasteiger partial charge in [-0.3, -0.25) is 30.6 Å². The molecule has 2 N–H and O–H groups in total. The van der Waals surface area contributed by atoms with Gasteiger partial charge in [-0.2, -0.15) is 0 Å². The number of amides is 2. The van der Waals surface area contributed by atoms with Crippen molar-refractivity contribution in [3.63, 3.8) is 0 Å². The Labute approximate surface area is 177 Å². The van der Waals surface area contributed by atoms with E-state index in [9.17, 15) is 19.7 Å². The lowest BCUT2D eigenvalue weighted by molar-refractivity contribution is -0.384. The number of carbonyl (C=O) groups excluding carboxylic acids is 2. The topological polar surface area (TPSA) is 129 Å². The van der Waals surface area contributed by atoms with Crippen LogP contribution in [0.5, 0.6) is 17.2 Å². The van der Waals surface area contributed by atoms with Crippen molar-refractivity contribution in [1.29, 1.82) is 0 Å². The van der Waals surface area contributed by atoms with Crippen LogP contribution < -0.4 is 25.1 Å². The van der Waals surface area contributed by atoms with Gasteiger partial charge >= 0.3 is 0 Å². The van der Waals surface area contributed by atoms with E-state index in [0.29, 0.717) is 22.1 Å². The molecule has 0 radical (unpaired) electrons. The molecule has 30 heavy (non-hydrogen) atoms. The maximum absolute atomic E-state index is 12.4. The fourth-order valence-corrected chi connectivity index (χ4v) is 3.28. The molecule has 0 saturated carbocycles. The molecule has 0 saturated heterocycles. The van der Waals surface area contributed by atoms with Crippen molar-refractivity contribution in [3.05, 3.63) is 52.1 Å². The Balaban J connectivity index is 1.99. The summed E-state index contributed by atoms with van der Waals surface area (Å²) < 4.78 is 15.6. The van der Waals surface area contributed by atoms with Crippen LogP contribution in [-0.2, 0) is 4.79 Å². The highest BCUT2D eigenvalue weighted by Gasteiger charge is 2.19. The first kappa shape index (κ1) is 22.8. The van der Waals surface area contributed by atoms with Crippen LogP contribution in [0.3, 0.4) is 0 Å². The molecule has 0 bridgehead atoms. The van der Waals surface area contributed by atoms with E-state index in [0.717, 1.165) is 0 Å². The van der Waals surface area contributed by atoms with Gasteiger partial charge in [0.25, 0.3) is 17.5 Å². The highest BCUT2D eigenvalue weighted by molar-refractivity contribution is 8.00. The standard InChI is InChI=1S/C19H21N3O7S/c1-11(30-14-7-5-13(6-8-14)22(25)26)18(23)20-21-19(24)12-9-15(27-2)17(29-4)16(10-12)28-3/h5-11H,1-4H3,(H,20,23)(H,21,24). The second-order valence-corrected chi connectivity index (χ2v) is 7.28. The number of non-ortho nitro benzene ring substituents is 1. The van der Waals surface area contributed by atoms with Crippen molar-refractivity contribution in [2.75, 3.05) is 21.3 Å². The van der Waals surface area contributed by atoms with Gasteiger partial charge in [-0.1, -0.05) is 0 Å². The summed E-state index contributed by atoms with van der Waals surface area (Å²) in [4.78, 5) is 35.6.